The molecule has 1 fully saturated rings. The van der Waals surface area contributed by atoms with E-state index in [0.29, 0.717) is 0 Å². The molecule has 1 heterocycles. The van der Waals surface area contributed by atoms with Gasteiger partial charge in [0.1, 0.15) is 0 Å². The fourth-order valence-electron chi connectivity index (χ4n) is 3.49. The first kappa shape index (κ1) is 16.2. The highest BCUT2D eigenvalue weighted by Gasteiger charge is 2.42. The van der Waals surface area contributed by atoms with Crippen LogP contribution in [0.2, 0.25) is 0 Å². The molecule has 1 aliphatic rings. The molecule has 1 amide bonds. The zero-order valence-electron chi connectivity index (χ0n) is 13.8. The van der Waals surface area contributed by atoms with Crippen LogP contribution in [-0.2, 0) is 4.79 Å². The van der Waals surface area contributed by atoms with Crippen molar-refractivity contribution in [2.75, 3.05) is 0 Å². The Labute approximate surface area is 141 Å². The van der Waals surface area contributed by atoms with Gasteiger partial charge in [0.15, 0.2) is 0 Å². The summed E-state index contributed by atoms with van der Waals surface area (Å²) in [6, 6.07) is 18.4. The van der Waals surface area contributed by atoms with E-state index in [1.807, 2.05) is 74.5 Å². The average molecular weight is 323 g/mol. The highest BCUT2D eigenvalue weighted by atomic mass is 16.3. The molecule has 4 atom stereocenters. The minimum atomic E-state index is -0.404. The number of hydrogen-bond donors (Lipinski definition) is 1. The molecule has 1 N–H and O–H groups in total. The van der Waals surface area contributed by atoms with E-state index in [2.05, 4.69) is 10.6 Å². The Hall–Kier alpha value is -2.69. The number of hydrogen-bond acceptors (Lipinski definition) is 3. The zero-order valence-corrected chi connectivity index (χ0v) is 13.8. The van der Waals surface area contributed by atoms with Crippen molar-refractivity contribution in [2.24, 2.45) is 11.2 Å². The van der Waals surface area contributed by atoms with Gasteiger partial charge in [-0.2, -0.15) is 0 Å². The highest BCUT2D eigenvalue weighted by molar-refractivity contribution is 5.80. The topological polar surface area (TPSA) is 61.8 Å². The van der Waals surface area contributed by atoms with E-state index in [-0.39, 0.29) is 23.9 Å². The number of rotatable bonds is 3. The third-order valence-corrected chi connectivity index (χ3v) is 4.68. The third kappa shape index (κ3) is 2.89. The predicted octanol–water partition coefficient (Wildman–Crippen LogP) is 3.61. The van der Waals surface area contributed by atoms with Crippen molar-refractivity contribution in [1.29, 1.82) is 0 Å². The van der Waals surface area contributed by atoms with Gasteiger partial charge in [-0.05, 0) is 18.1 Å². The highest BCUT2D eigenvalue weighted by Crippen LogP contribution is 2.39. The predicted molar refractivity (Wildman–Crippen MR) is 92.8 cm³/mol. The van der Waals surface area contributed by atoms with E-state index in [1.165, 1.54) is 5.01 Å². The van der Waals surface area contributed by atoms with Gasteiger partial charge in [-0.15, -0.1) is 4.91 Å². The number of nitrogens with zero attached hydrogens (tertiary/aromatic N) is 2. The Morgan fingerprint density at radius 3 is 1.88 bits per heavy atom. The lowest BCUT2D eigenvalue weighted by Gasteiger charge is -2.35. The van der Waals surface area contributed by atoms with Crippen LogP contribution in [0.25, 0.3) is 0 Å². The van der Waals surface area contributed by atoms with Gasteiger partial charge in [-0.1, -0.05) is 67.6 Å². The smallest absolute Gasteiger partial charge is 0.225 e. The van der Waals surface area contributed by atoms with Gasteiger partial charge in [0.05, 0.1) is 29.3 Å². The molecule has 0 saturated carbocycles. The number of amides is 1. The second-order valence-electron chi connectivity index (χ2n) is 6.26. The van der Waals surface area contributed by atoms with Gasteiger partial charge >= 0.3 is 0 Å². The summed E-state index contributed by atoms with van der Waals surface area (Å²) in [7, 11) is 0. The van der Waals surface area contributed by atoms with Crippen LogP contribution in [0.15, 0.2) is 65.9 Å². The van der Waals surface area contributed by atoms with Crippen molar-refractivity contribution in [1.82, 2.24) is 10.3 Å². The van der Waals surface area contributed by atoms with Crippen LogP contribution < -0.4 is 5.32 Å². The monoisotopic (exact) mass is 323 g/mol. The van der Waals surface area contributed by atoms with Gasteiger partial charge in [0.2, 0.25) is 5.91 Å². The summed E-state index contributed by atoms with van der Waals surface area (Å²) in [6.07, 6.45) is 0. The summed E-state index contributed by atoms with van der Waals surface area (Å²) in [6.45, 7) is 3.75. The summed E-state index contributed by atoms with van der Waals surface area (Å²) >= 11 is 0. The Bertz CT molecular complexity index is 705. The van der Waals surface area contributed by atoms with E-state index >= 15 is 0 Å². The van der Waals surface area contributed by atoms with Crippen LogP contribution in [0.4, 0.5) is 0 Å². The maximum Gasteiger partial charge on any atom is 0.225 e. The number of nitrogens with one attached hydrogen (secondary N) is 1. The Balaban J connectivity index is 2.12. The molecule has 0 bridgehead atoms. The maximum absolute atomic E-state index is 12.6. The van der Waals surface area contributed by atoms with Crippen molar-refractivity contribution in [3.05, 3.63) is 76.7 Å². The van der Waals surface area contributed by atoms with Crippen LogP contribution in [0.3, 0.4) is 0 Å². The molecular formula is C19H21N3O2. The molecule has 1 aliphatic heterocycles. The Kier molecular flexibility index (Phi) is 4.60. The summed E-state index contributed by atoms with van der Waals surface area (Å²) in [4.78, 5) is 24.4. The maximum atomic E-state index is 12.6. The lowest BCUT2D eigenvalue weighted by Crippen LogP contribution is -2.39. The van der Waals surface area contributed by atoms with E-state index < -0.39 is 6.04 Å². The molecule has 2 aromatic carbocycles. The lowest BCUT2D eigenvalue weighted by atomic mass is 9.92. The van der Waals surface area contributed by atoms with Crippen molar-refractivity contribution in [3.63, 3.8) is 0 Å². The van der Waals surface area contributed by atoms with Crippen LogP contribution in [0.5, 0.6) is 0 Å². The van der Waals surface area contributed by atoms with Crippen LogP contribution >= 0.6 is 0 Å². The number of nitroso groups, excluding NO2 is 1. The molecule has 0 unspecified atom stereocenters. The third-order valence-electron chi connectivity index (χ3n) is 4.68. The second-order valence-corrected chi connectivity index (χ2v) is 6.26. The van der Waals surface area contributed by atoms with E-state index in [4.69, 9.17) is 0 Å². The molecule has 1 saturated heterocycles. The fraction of sp³-hybridized carbons (Fsp3) is 0.316. The molecule has 5 heteroatoms. The molecule has 0 aliphatic carbocycles. The SMILES string of the molecule is C[C@@H]1NC(=O)[C@H](C)[C@@H](c2ccccc2)N(N=O)[C@@H]1c1ccccc1. The standard InChI is InChI=1S/C19H21N3O2/c1-13-17(15-9-5-3-6-10-15)22(21-24)18(14(2)20-19(13)23)16-11-7-4-8-12-16/h3-14,17-18H,1-2H3,(H,20,23)/t13-,14+,17+,18+/m1/s1. The van der Waals surface area contributed by atoms with Gasteiger partial charge < -0.3 is 5.32 Å². The largest absolute Gasteiger partial charge is 0.351 e. The first-order valence-electron chi connectivity index (χ1n) is 8.15. The Morgan fingerprint density at radius 1 is 0.875 bits per heavy atom. The molecule has 5 nitrogen and oxygen atoms in total. The first-order valence-corrected chi connectivity index (χ1v) is 8.15. The molecule has 0 aromatic heterocycles. The van der Waals surface area contributed by atoms with Crippen LogP contribution in [-0.4, -0.2) is 17.0 Å². The summed E-state index contributed by atoms with van der Waals surface area (Å²) in [5.74, 6) is -0.454. The fourth-order valence-corrected chi connectivity index (χ4v) is 3.49. The minimum absolute atomic E-state index is 0.0663. The summed E-state index contributed by atoms with van der Waals surface area (Å²) in [5.41, 5.74) is 1.87. The van der Waals surface area contributed by atoms with Crippen LogP contribution in [0.1, 0.15) is 37.1 Å². The van der Waals surface area contributed by atoms with Gasteiger partial charge in [0, 0.05) is 0 Å². The van der Waals surface area contributed by atoms with E-state index in [9.17, 15) is 9.70 Å². The zero-order chi connectivity index (χ0) is 17.1. The number of benzene rings is 2. The van der Waals surface area contributed by atoms with E-state index in [0.717, 1.165) is 11.1 Å². The average Bonchev–Trinajstić information content (AvgIpc) is 2.71. The summed E-state index contributed by atoms with van der Waals surface area (Å²) in [5, 5.41) is 7.91. The Morgan fingerprint density at radius 2 is 1.38 bits per heavy atom. The van der Waals surface area contributed by atoms with Gasteiger partial charge in [-0.25, -0.2) is 5.01 Å². The van der Waals surface area contributed by atoms with Crippen LogP contribution in [0, 0.1) is 10.8 Å². The number of carbonyl (C=O) groups excluding carboxylic acids is 1. The normalized spacial score (nSPS) is 27.2. The van der Waals surface area contributed by atoms with Crippen molar-refractivity contribution >= 4 is 5.91 Å². The molecule has 2 aromatic rings. The van der Waals surface area contributed by atoms with E-state index in [1.54, 1.807) is 0 Å². The second kappa shape index (κ2) is 6.83. The molecular weight excluding hydrogens is 302 g/mol. The quantitative estimate of drug-likeness (QED) is 0.878. The summed E-state index contributed by atoms with van der Waals surface area (Å²) < 4.78 is 0. The molecule has 3 rings (SSSR count). The lowest BCUT2D eigenvalue weighted by molar-refractivity contribution is -0.125. The van der Waals surface area contributed by atoms with Gasteiger partial charge in [0.25, 0.3) is 0 Å². The molecule has 0 spiro atoms. The van der Waals surface area contributed by atoms with Crippen molar-refractivity contribution in [2.45, 2.75) is 32.0 Å². The minimum Gasteiger partial charge on any atom is -0.351 e. The van der Waals surface area contributed by atoms with Gasteiger partial charge in [-0.3, -0.25) is 4.79 Å². The molecule has 0 radical (unpaired) electrons. The first-order chi connectivity index (χ1) is 11.6. The molecule has 24 heavy (non-hydrogen) atoms. The molecule has 124 valence electrons. The van der Waals surface area contributed by atoms with Crippen molar-refractivity contribution in [3.8, 4) is 0 Å². The van der Waals surface area contributed by atoms with Crippen molar-refractivity contribution < 1.29 is 4.79 Å². The number of carbonyl (C=O) groups is 1.